The van der Waals surface area contributed by atoms with E-state index in [9.17, 15) is 9.59 Å². The second kappa shape index (κ2) is 7.12. The Labute approximate surface area is 119 Å². The Morgan fingerprint density at radius 2 is 1.95 bits per heavy atom. The van der Waals surface area contributed by atoms with Crippen molar-refractivity contribution in [2.45, 2.75) is 53.0 Å². The van der Waals surface area contributed by atoms with Crippen LogP contribution in [0.15, 0.2) is 10.7 Å². The van der Waals surface area contributed by atoms with Gasteiger partial charge in [-0.15, -0.1) is 0 Å². The van der Waals surface area contributed by atoms with Crippen LogP contribution in [0.3, 0.4) is 0 Å². The van der Waals surface area contributed by atoms with Crippen molar-refractivity contribution in [1.82, 2.24) is 5.32 Å². The highest BCUT2D eigenvalue weighted by molar-refractivity contribution is 5.97. The van der Waals surface area contributed by atoms with Crippen LogP contribution >= 0.6 is 0 Å². The Balaban J connectivity index is 2.71. The van der Waals surface area contributed by atoms with E-state index >= 15 is 0 Å². The van der Waals surface area contributed by atoms with Crippen molar-refractivity contribution in [3.8, 4) is 0 Å². The van der Waals surface area contributed by atoms with E-state index in [4.69, 9.17) is 9.52 Å². The van der Waals surface area contributed by atoms with Gasteiger partial charge in [0.2, 0.25) is 0 Å². The third kappa shape index (κ3) is 4.72. The maximum absolute atomic E-state index is 12.2. The van der Waals surface area contributed by atoms with Gasteiger partial charge in [-0.25, -0.2) is 0 Å². The van der Waals surface area contributed by atoms with E-state index in [0.29, 0.717) is 17.0 Å². The van der Waals surface area contributed by atoms with Crippen molar-refractivity contribution in [3.05, 3.63) is 23.2 Å². The van der Waals surface area contributed by atoms with E-state index in [0.717, 1.165) is 12.8 Å². The van der Waals surface area contributed by atoms with E-state index < -0.39 is 5.97 Å². The average molecular weight is 281 g/mol. The molecular formula is C15H23NO4. The zero-order valence-electron chi connectivity index (χ0n) is 12.5. The Hall–Kier alpha value is -1.78. The van der Waals surface area contributed by atoms with Crippen LogP contribution < -0.4 is 5.32 Å². The highest BCUT2D eigenvalue weighted by atomic mass is 16.4. The molecule has 0 bridgehead atoms. The predicted octanol–water partition coefficient (Wildman–Crippen LogP) is 2.77. The number of aliphatic carboxylic acids is 1. The topological polar surface area (TPSA) is 79.5 Å². The Bertz CT molecular complexity index is 476. The van der Waals surface area contributed by atoms with Crippen LogP contribution in [0.2, 0.25) is 0 Å². The van der Waals surface area contributed by atoms with Gasteiger partial charge in [-0.1, -0.05) is 13.8 Å². The van der Waals surface area contributed by atoms with E-state index in [1.165, 1.54) is 6.26 Å². The summed E-state index contributed by atoms with van der Waals surface area (Å²) in [6.45, 7) is 7.97. The van der Waals surface area contributed by atoms with Gasteiger partial charge in [-0.2, -0.15) is 0 Å². The van der Waals surface area contributed by atoms with Crippen molar-refractivity contribution >= 4 is 11.9 Å². The monoisotopic (exact) mass is 281 g/mol. The number of carboxylic acid groups (broad SMARTS) is 1. The zero-order chi connectivity index (χ0) is 15.3. The minimum Gasteiger partial charge on any atom is -0.481 e. The minimum absolute atomic E-state index is 0.0527. The zero-order valence-corrected chi connectivity index (χ0v) is 12.5. The molecule has 0 aliphatic carbocycles. The van der Waals surface area contributed by atoms with Crippen LogP contribution in [0, 0.1) is 12.8 Å². The molecule has 0 aliphatic rings. The average Bonchev–Trinajstić information content (AvgIpc) is 2.67. The van der Waals surface area contributed by atoms with Crippen molar-refractivity contribution in [2.75, 3.05) is 0 Å². The first kappa shape index (κ1) is 16.3. The van der Waals surface area contributed by atoms with Gasteiger partial charge in [0, 0.05) is 11.6 Å². The van der Waals surface area contributed by atoms with Gasteiger partial charge in [0.15, 0.2) is 0 Å². The SMILES string of the molecule is Cc1coc(CC(=O)O)c1C(=O)NC(C)CCC(C)C. The molecule has 0 saturated carbocycles. The summed E-state index contributed by atoms with van der Waals surface area (Å²) in [5, 5.41) is 11.7. The standard InChI is InChI=1S/C15H23NO4/c1-9(2)5-6-11(4)16-15(19)14-10(3)8-20-12(14)7-13(17)18/h8-9,11H,5-7H2,1-4H3,(H,16,19)(H,17,18). The van der Waals surface area contributed by atoms with Crippen molar-refractivity contribution in [2.24, 2.45) is 5.92 Å². The van der Waals surface area contributed by atoms with E-state index in [1.54, 1.807) is 6.92 Å². The Morgan fingerprint density at radius 3 is 2.50 bits per heavy atom. The van der Waals surface area contributed by atoms with Crippen LogP contribution in [0.25, 0.3) is 0 Å². The summed E-state index contributed by atoms with van der Waals surface area (Å²) in [4.78, 5) is 23.0. The first-order valence-electron chi connectivity index (χ1n) is 6.90. The molecular weight excluding hydrogens is 258 g/mol. The molecule has 0 saturated heterocycles. The molecule has 0 fully saturated rings. The van der Waals surface area contributed by atoms with Gasteiger partial charge in [0.1, 0.15) is 12.2 Å². The Morgan fingerprint density at radius 1 is 1.30 bits per heavy atom. The van der Waals surface area contributed by atoms with Crippen LogP contribution in [-0.4, -0.2) is 23.0 Å². The van der Waals surface area contributed by atoms with Gasteiger partial charge in [-0.3, -0.25) is 9.59 Å². The van der Waals surface area contributed by atoms with Crippen molar-refractivity contribution in [3.63, 3.8) is 0 Å². The first-order valence-corrected chi connectivity index (χ1v) is 6.90. The molecule has 1 aromatic rings. The second-order valence-corrected chi connectivity index (χ2v) is 5.63. The number of furan rings is 1. The highest BCUT2D eigenvalue weighted by Crippen LogP contribution is 2.18. The van der Waals surface area contributed by atoms with E-state index in [2.05, 4.69) is 19.2 Å². The third-order valence-electron chi connectivity index (χ3n) is 3.14. The summed E-state index contributed by atoms with van der Waals surface area (Å²) >= 11 is 0. The summed E-state index contributed by atoms with van der Waals surface area (Å²) in [5.41, 5.74) is 1.01. The van der Waals surface area contributed by atoms with E-state index in [-0.39, 0.29) is 24.1 Å². The fourth-order valence-electron chi connectivity index (χ4n) is 2.02. The van der Waals surface area contributed by atoms with Gasteiger partial charge in [-0.05, 0) is 32.6 Å². The number of carboxylic acids is 1. The third-order valence-corrected chi connectivity index (χ3v) is 3.14. The molecule has 1 heterocycles. The van der Waals surface area contributed by atoms with Gasteiger partial charge in [0.25, 0.3) is 5.91 Å². The minimum atomic E-state index is -1.01. The summed E-state index contributed by atoms with van der Waals surface area (Å²) in [5.74, 6) is -0.471. The normalized spacial score (nSPS) is 12.4. The first-order chi connectivity index (χ1) is 9.31. The summed E-state index contributed by atoms with van der Waals surface area (Å²) in [6, 6.07) is 0.0527. The molecule has 0 aromatic carbocycles. The van der Waals surface area contributed by atoms with E-state index in [1.807, 2.05) is 6.92 Å². The van der Waals surface area contributed by atoms with Crippen LogP contribution in [-0.2, 0) is 11.2 Å². The lowest BCUT2D eigenvalue weighted by atomic mass is 10.0. The fourth-order valence-corrected chi connectivity index (χ4v) is 2.02. The van der Waals surface area contributed by atoms with Crippen molar-refractivity contribution in [1.29, 1.82) is 0 Å². The fraction of sp³-hybridized carbons (Fsp3) is 0.600. The molecule has 0 aliphatic heterocycles. The van der Waals surface area contributed by atoms with Crippen LogP contribution in [0.1, 0.15) is 55.3 Å². The largest absolute Gasteiger partial charge is 0.481 e. The molecule has 1 unspecified atom stereocenters. The Kier molecular flexibility index (Phi) is 5.80. The molecule has 0 radical (unpaired) electrons. The molecule has 1 aromatic heterocycles. The predicted molar refractivity (Wildman–Crippen MR) is 75.8 cm³/mol. The number of carbonyl (C=O) groups excluding carboxylic acids is 1. The van der Waals surface area contributed by atoms with Crippen LogP contribution in [0.4, 0.5) is 0 Å². The maximum Gasteiger partial charge on any atom is 0.311 e. The van der Waals surface area contributed by atoms with Crippen molar-refractivity contribution < 1.29 is 19.1 Å². The molecule has 1 amide bonds. The quantitative estimate of drug-likeness (QED) is 0.805. The molecule has 2 N–H and O–H groups in total. The number of carbonyl (C=O) groups is 2. The highest BCUT2D eigenvalue weighted by Gasteiger charge is 2.21. The molecule has 112 valence electrons. The molecule has 0 spiro atoms. The molecule has 1 atom stereocenters. The summed E-state index contributed by atoms with van der Waals surface area (Å²) in [7, 11) is 0. The van der Waals surface area contributed by atoms with Gasteiger partial charge in [0.05, 0.1) is 11.8 Å². The molecule has 20 heavy (non-hydrogen) atoms. The van der Waals surface area contributed by atoms with Gasteiger partial charge >= 0.3 is 5.97 Å². The van der Waals surface area contributed by atoms with Crippen LogP contribution in [0.5, 0.6) is 0 Å². The number of amides is 1. The number of aryl methyl sites for hydroxylation is 1. The van der Waals surface area contributed by atoms with Gasteiger partial charge < -0.3 is 14.8 Å². The number of rotatable bonds is 7. The lowest BCUT2D eigenvalue weighted by Crippen LogP contribution is -2.33. The smallest absolute Gasteiger partial charge is 0.311 e. The lowest BCUT2D eigenvalue weighted by molar-refractivity contribution is -0.136. The molecule has 5 nitrogen and oxygen atoms in total. The number of nitrogens with one attached hydrogen (secondary N) is 1. The summed E-state index contributed by atoms with van der Waals surface area (Å²) < 4.78 is 5.17. The molecule has 5 heteroatoms. The second-order valence-electron chi connectivity index (χ2n) is 5.63. The number of hydrogen-bond donors (Lipinski definition) is 2. The number of hydrogen-bond acceptors (Lipinski definition) is 3. The summed E-state index contributed by atoms with van der Waals surface area (Å²) in [6.07, 6.45) is 3.07. The molecule has 1 rings (SSSR count). The lowest BCUT2D eigenvalue weighted by Gasteiger charge is -2.15. The maximum atomic E-state index is 12.2.